The van der Waals surface area contributed by atoms with Gasteiger partial charge in [-0.15, -0.1) is 0 Å². The smallest absolute Gasteiger partial charge is 0.693 e. The van der Waals surface area contributed by atoms with Crippen molar-refractivity contribution in [2.75, 3.05) is 5.75 Å². The molecule has 0 aromatic heterocycles. The maximum absolute atomic E-state index is 10.00. The van der Waals surface area contributed by atoms with E-state index in [-0.39, 0.29) is 47.4 Å². The van der Waals surface area contributed by atoms with Crippen LogP contribution in [-0.2, 0) is 10.1 Å². The second kappa shape index (κ2) is 6.57. The van der Waals surface area contributed by atoms with Crippen LogP contribution >= 0.6 is 0 Å². The van der Waals surface area contributed by atoms with Crippen LogP contribution in [0.1, 0.15) is 13.8 Å². The summed E-state index contributed by atoms with van der Waals surface area (Å²) in [7, 11) is -3.72. The molecule has 0 saturated heterocycles. The first-order valence-electron chi connectivity index (χ1n) is 2.37. The molecule has 0 aliphatic carbocycles. The number of hydrogen-bond acceptors (Lipinski definition) is 2. The Labute approximate surface area is 84.0 Å². The molecule has 6 heteroatoms. The molecule has 0 heterocycles. The predicted octanol–water partition coefficient (Wildman–Crippen LogP) is -1.75. The molecule has 0 aromatic rings. The summed E-state index contributed by atoms with van der Waals surface area (Å²) >= 11 is 0. The van der Waals surface area contributed by atoms with Gasteiger partial charge in [-0.3, -0.25) is 4.55 Å². The minimum Gasteiger partial charge on any atom is -0.693 e. The molecule has 0 saturated carbocycles. The van der Waals surface area contributed by atoms with E-state index in [9.17, 15) is 8.42 Å². The molecule has 0 spiro atoms. The molecular formula is C4H12NNaO3S. The average Bonchev–Trinajstić information content (AvgIpc) is 1.21. The second-order valence-electron chi connectivity index (χ2n) is 2.14. The van der Waals surface area contributed by atoms with Crippen molar-refractivity contribution in [2.24, 2.45) is 5.92 Å². The van der Waals surface area contributed by atoms with Crippen LogP contribution in [0.4, 0.5) is 0 Å². The van der Waals surface area contributed by atoms with Gasteiger partial charge in [0.25, 0.3) is 10.1 Å². The predicted molar refractivity (Wildman–Crippen MR) is 36.5 cm³/mol. The van der Waals surface area contributed by atoms with Gasteiger partial charge in [0.1, 0.15) is 0 Å². The molecule has 0 rings (SSSR count). The first-order valence-corrected chi connectivity index (χ1v) is 3.98. The Balaban J connectivity index is -0.000000245. The Morgan fingerprint density at radius 3 is 1.70 bits per heavy atom. The van der Waals surface area contributed by atoms with Crippen molar-refractivity contribution in [1.82, 2.24) is 0 Å². The normalized spacial score (nSPS) is 10.0. The van der Waals surface area contributed by atoms with E-state index < -0.39 is 10.1 Å². The maximum atomic E-state index is 10.00. The Morgan fingerprint density at radius 2 is 1.70 bits per heavy atom. The van der Waals surface area contributed by atoms with Crippen molar-refractivity contribution < 1.29 is 42.5 Å². The van der Waals surface area contributed by atoms with E-state index in [0.29, 0.717) is 0 Å². The van der Waals surface area contributed by atoms with E-state index >= 15 is 0 Å². The van der Waals surface area contributed by atoms with Gasteiger partial charge in [-0.25, -0.2) is 0 Å². The first kappa shape index (κ1) is 17.1. The summed E-state index contributed by atoms with van der Waals surface area (Å²) in [6.45, 7) is 3.46. The summed E-state index contributed by atoms with van der Waals surface area (Å²) in [4.78, 5) is 0. The minimum atomic E-state index is -3.72. The molecule has 0 aliphatic rings. The van der Waals surface area contributed by atoms with Crippen LogP contribution in [0, 0.1) is 5.92 Å². The summed E-state index contributed by atoms with van der Waals surface area (Å²) < 4.78 is 28.2. The molecule has 0 fully saturated rings. The Bertz CT molecular complexity index is 154. The third-order valence-corrected chi connectivity index (χ3v) is 1.63. The first-order chi connectivity index (χ1) is 3.42. The van der Waals surface area contributed by atoms with Crippen LogP contribution in [0.5, 0.6) is 0 Å². The molecule has 58 valence electrons. The number of hydrogen-bond donors (Lipinski definition) is 1. The molecule has 3 N–H and O–H groups in total. The topological polar surface area (TPSA) is 87.9 Å². The zero-order valence-corrected chi connectivity index (χ0v) is 9.35. The monoisotopic (exact) mass is 177 g/mol. The maximum Gasteiger partial charge on any atom is 1.00 e. The van der Waals surface area contributed by atoms with Crippen molar-refractivity contribution in [3.05, 3.63) is 6.15 Å². The SMILES string of the molecule is CC(C)CS(=O)(=O)O.[NH2-].[Na+]. The van der Waals surface area contributed by atoms with Gasteiger partial charge in [0, 0.05) is 0 Å². The molecule has 0 atom stereocenters. The van der Waals surface area contributed by atoms with Crippen LogP contribution in [-0.4, -0.2) is 18.7 Å². The van der Waals surface area contributed by atoms with Crippen molar-refractivity contribution in [2.45, 2.75) is 13.8 Å². The molecule has 0 unspecified atom stereocenters. The van der Waals surface area contributed by atoms with Crippen LogP contribution in [0.15, 0.2) is 0 Å². The number of rotatable bonds is 2. The quantitative estimate of drug-likeness (QED) is 0.401. The van der Waals surface area contributed by atoms with E-state index in [1.807, 2.05) is 0 Å². The summed E-state index contributed by atoms with van der Waals surface area (Å²) in [6.07, 6.45) is 0. The van der Waals surface area contributed by atoms with Crippen molar-refractivity contribution >= 4 is 10.1 Å². The zero-order chi connectivity index (χ0) is 6.78. The molecule has 0 amide bonds. The summed E-state index contributed by atoms with van der Waals surface area (Å²) in [6, 6.07) is 0. The third-order valence-electron chi connectivity index (χ3n) is 0.544. The van der Waals surface area contributed by atoms with E-state index in [2.05, 4.69) is 0 Å². The van der Waals surface area contributed by atoms with Crippen LogP contribution in [0.2, 0.25) is 0 Å². The molecule has 0 radical (unpaired) electrons. The Morgan fingerprint density at radius 1 is 1.40 bits per heavy atom. The third kappa shape index (κ3) is 15.9. The second-order valence-corrected chi connectivity index (χ2v) is 3.64. The fourth-order valence-corrected chi connectivity index (χ4v) is 1.26. The van der Waals surface area contributed by atoms with E-state index in [1.165, 1.54) is 0 Å². The van der Waals surface area contributed by atoms with Gasteiger partial charge < -0.3 is 6.15 Å². The standard InChI is InChI=1S/C4H10O3S.H2N.Na/c1-4(2)3-8(5,6)7;;/h4H,3H2,1-2H3,(H,5,6,7);1H2;/q;-1;+1. The average molecular weight is 177 g/mol. The van der Waals surface area contributed by atoms with Crippen LogP contribution < -0.4 is 29.6 Å². The molecule has 0 bridgehead atoms. The van der Waals surface area contributed by atoms with Gasteiger partial charge >= 0.3 is 29.6 Å². The molecule has 10 heavy (non-hydrogen) atoms. The van der Waals surface area contributed by atoms with Gasteiger partial charge in [0.15, 0.2) is 0 Å². The molecule has 4 nitrogen and oxygen atoms in total. The zero-order valence-electron chi connectivity index (χ0n) is 6.53. The Kier molecular flexibility index (Phi) is 11.2. The van der Waals surface area contributed by atoms with E-state index in [4.69, 9.17) is 4.55 Å². The summed E-state index contributed by atoms with van der Waals surface area (Å²) in [5.74, 6) is -0.141. The van der Waals surface area contributed by atoms with Crippen molar-refractivity contribution in [3.8, 4) is 0 Å². The molecular weight excluding hydrogens is 165 g/mol. The van der Waals surface area contributed by atoms with E-state index in [1.54, 1.807) is 13.8 Å². The molecule has 0 aromatic carbocycles. The minimum absolute atomic E-state index is 0. The van der Waals surface area contributed by atoms with Crippen LogP contribution in [0.25, 0.3) is 6.15 Å². The van der Waals surface area contributed by atoms with Gasteiger partial charge in [-0.2, -0.15) is 8.42 Å². The largest absolute Gasteiger partial charge is 1.00 e. The summed E-state index contributed by atoms with van der Waals surface area (Å²) in [5.41, 5.74) is 0. The van der Waals surface area contributed by atoms with E-state index in [0.717, 1.165) is 0 Å². The fourth-order valence-electron chi connectivity index (χ4n) is 0.421. The van der Waals surface area contributed by atoms with Crippen molar-refractivity contribution in [1.29, 1.82) is 0 Å². The fraction of sp³-hybridized carbons (Fsp3) is 1.00. The van der Waals surface area contributed by atoms with Crippen LogP contribution in [0.3, 0.4) is 0 Å². The van der Waals surface area contributed by atoms with Gasteiger partial charge in [0.05, 0.1) is 5.75 Å². The summed E-state index contributed by atoms with van der Waals surface area (Å²) in [5, 5.41) is 0. The van der Waals surface area contributed by atoms with Gasteiger partial charge in [-0.1, -0.05) is 13.8 Å². The number of nitrogens with two attached hydrogens (primary N) is 1. The molecule has 0 aliphatic heterocycles. The Hall–Kier alpha value is 0.870. The van der Waals surface area contributed by atoms with Crippen molar-refractivity contribution in [3.63, 3.8) is 0 Å². The van der Waals surface area contributed by atoms with Gasteiger partial charge in [0.2, 0.25) is 0 Å². The van der Waals surface area contributed by atoms with Gasteiger partial charge in [-0.05, 0) is 5.92 Å².